The summed E-state index contributed by atoms with van der Waals surface area (Å²) < 4.78 is 18.5. The van der Waals surface area contributed by atoms with Crippen LogP contribution in [-0.4, -0.2) is 41.2 Å². The summed E-state index contributed by atoms with van der Waals surface area (Å²) in [6, 6.07) is 9.24. The second kappa shape index (κ2) is 7.25. The number of halogens is 1. The molecule has 35 heavy (non-hydrogen) atoms. The average molecular weight is 499 g/mol. The molecule has 0 unspecified atom stereocenters. The number of carbonyl (C=O) groups is 2. The SMILES string of the molecule is CC(=O)O[C@H]1[C@H]2C[C@H]2[C@H]2[C@@H]3[C@H](Cl)[C@H]4O[C@]45C[C@@H](OC(=O)c4ccccc4)CC[C@]5(C)[C@H]3CC[C@@]21C. The summed E-state index contributed by atoms with van der Waals surface area (Å²) in [5.41, 5.74) is 0.362. The Labute approximate surface area is 212 Å². The van der Waals surface area contributed by atoms with Gasteiger partial charge in [-0.15, -0.1) is 11.6 Å². The summed E-state index contributed by atoms with van der Waals surface area (Å²) in [6.07, 6.45) is 5.85. The lowest BCUT2D eigenvalue weighted by molar-refractivity contribution is -0.165. The Morgan fingerprint density at radius 1 is 1.06 bits per heavy atom. The van der Waals surface area contributed by atoms with Crippen molar-refractivity contribution in [1.29, 1.82) is 0 Å². The highest BCUT2D eigenvalue weighted by molar-refractivity contribution is 6.21. The Balaban J connectivity index is 1.14. The minimum absolute atomic E-state index is 0.0148. The number of rotatable bonds is 3. The summed E-state index contributed by atoms with van der Waals surface area (Å²) in [5, 5.41) is -0.0430. The molecule has 0 bridgehead atoms. The van der Waals surface area contributed by atoms with E-state index >= 15 is 0 Å². The van der Waals surface area contributed by atoms with Gasteiger partial charge in [0.15, 0.2) is 0 Å². The van der Waals surface area contributed by atoms with Crippen LogP contribution in [0, 0.1) is 40.4 Å². The third-order valence-corrected chi connectivity index (χ3v) is 11.8. The van der Waals surface area contributed by atoms with Gasteiger partial charge in [-0.25, -0.2) is 4.79 Å². The van der Waals surface area contributed by atoms with Crippen LogP contribution in [0.4, 0.5) is 0 Å². The number of ether oxygens (including phenoxy) is 3. The normalized spacial score (nSPS) is 52.6. The largest absolute Gasteiger partial charge is 0.462 e. The van der Waals surface area contributed by atoms with E-state index in [1.54, 1.807) is 19.1 Å². The zero-order valence-electron chi connectivity index (χ0n) is 20.7. The summed E-state index contributed by atoms with van der Waals surface area (Å²) in [6.45, 7) is 6.32. The monoisotopic (exact) mass is 498 g/mol. The van der Waals surface area contributed by atoms with Crippen molar-refractivity contribution in [3.8, 4) is 0 Å². The maximum Gasteiger partial charge on any atom is 0.338 e. The van der Waals surface area contributed by atoms with Gasteiger partial charge in [-0.2, -0.15) is 0 Å². The van der Waals surface area contributed by atoms with Crippen LogP contribution >= 0.6 is 11.6 Å². The van der Waals surface area contributed by atoms with Crippen molar-refractivity contribution in [2.24, 2.45) is 40.4 Å². The maximum atomic E-state index is 12.7. The summed E-state index contributed by atoms with van der Waals surface area (Å²) in [4.78, 5) is 24.7. The first-order chi connectivity index (χ1) is 16.7. The lowest BCUT2D eigenvalue weighted by Gasteiger charge is -2.60. The first kappa shape index (κ1) is 22.6. The molecule has 1 aromatic carbocycles. The number of alkyl halides is 1. The average Bonchev–Trinajstić information content (AvgIpc) is 3.74. The molecule has 5 saturated carbocycles. The van der Waals surface area contributed by atoms with Crippen LogP contribution in [0.5, 0.6) is 0 Å². The van der Waals surface area contributed by atoms with E-state index in [-0.39, 0.29) is 52.1 Å². The first-order valence-electron chi connectivity index (χ1n) is 13.4. The van der Waals surface area contributed by atoms with E-state index in [0.717, 1.165) is 38.5 Å². The molecule has 188 valence electrons. The molecular formula is C29H35ClO5. The van der Waals surface area contributed by atoms with Crippen molar-refractivity contribution in [2.75, 3.05) is 0 Å². The lowest BCUT2D eigenvalue weighted by Crippen LogP contribution is -2.63. The molecule has 1 saturated heterocycles. The highest BCUT2D eigenvalue weighted by atomic mass is 35.5. The van der Waals surface area contributed by atoms with Gasteiger partial charge in [0.1, 0.15) is 23.9 Å². The van der Waals surface area contributed by atoms with Crippen LogP contribution in [0.1, 0.15) is 69.7 Å². The van der Waals surface area contributed by atoms with Gasteiger partial charge in [0, 0.05) is 24.2 Å². The number of epoxide rings is 1. The second-order valence-electron chi connectivity index (χ2n) is 12.8. The van der Waals surface area contributed by atoms with Gasteiger partial charge < -0.3 is 14.2 Å². The molecule has 6 heteroatoms. The molecule has 1 spiro atoms. The van der Waals surface area contributed by atoms with Gasteiger partial charge in [-0.3, -0.25) is 4.79 Å². The lowest BCUT2D eigenvalue weighted by atomic mass is 9.44. The summed E-state index contributed by atoms with van der Waals surface area (Å²) in [5.74, 6) is 2.09. The summed E-state index contributed by atoms with van der Waals surface area (Å²) >= 11 is 7.33. The van der Waals surface area contributed by atoms with E-state index in [1.807, 2.05) is 18.2 Å². The quantitative estimate of drug-likeness (QED) is 0.317. The molecule has 6 fully saturated rings. The molecule has 0 aromatic heterocycles. The van der Waals surface area contributed by atoms with E-state index < -0.39 is 0 Å². The molecule has 1 heterocycles. The molecular weight excluding hydrogens is 464 g/mol. The Kier molecular flexibility index (Phi) is 4.68. The van der Waals surface area contributed by atoms with Crippen molar-refractivity contribution in [2.45, 2.75) is 88.6 Å². The zero-order chi connectivity index (χ0) is 24.3. The zero-order valence-corrected chi connectivity index (χ0v) is 21.5. The van der Waals surface area contributed by atoms with Crippen LogP contribution in [0.2, 0.25) is 0 Å². The third-order valence-electron chi connectivity index (χ3n) is 11.3. The minimum atomic E-state index is -0.287. The van der Waals surface area contributed by atoms with E-state index in [9.17, 15) is 9.59 Å². The fraction of sp³-hybridized carbons (Fsp3) is 0.724. The van der Waals surface area contributed by atoms with Crippen molar-refractivity contribution in [3.63, 3.8) is 0 Å². The number of hydrogen-bond acceptors (Lipinski definition) is 5. The fourth-order valence-corrected chi connectivity index (χ4v) is 10.3. The summed E-state index contributed by atoms with van der Waals surface area (Å²) in [7, 11) is 0. The molecule has 1 aliphatic heterocycles. The first-order valence-corrected chi connectivity index (χ1v) is 13.9. The van der Waals surface area contributed by atoms with Gasteiger partial charge in [0.05, 0.1) is 10.9 Å². The minimum Gasteiger partial charge on any atom is -0.462 e. The molecule has 12 atom stereocenters. The predicted molar refractivity (Wildman–Crippen MR) is 130 cm³/mol. The molecule has 6 aliphatic rings. The highest BCUT2D eigenvalue weighted by Gasteiger charge is 2.81. The topological polar surface area (TPSA) is 65.1 Å². The van der Waals surface area contributed by atoms with Gasteiger partial charge in [-0.05, 0) is 73.8 Å². The van der Waals surface area contributed by atoms with Gasteiger partial charge in [0.25, 0.3) is 0 Å². The van der Waals surface area contributed by atoms with E-state index in [4.69, 9.17) is 25.8 Å². The molecule has 1 aromatic rings. The van der Waals surface area contributed by atoms with E-state index in [1.165, 1.54) is 0 Å². The van der Waals surface area contributed by atoms with Gasteiger partial charge >= 0.3 is 11.9 Å². The maximum absolute atomic E-state index is 12.7. The third kappa shape index (κ3) is 2.91. The molecule has 5 aliphatic carbocycles. The van der Waals surface area contributed by atoms with Crippen molar-refractivity contribution in [3.05, 3.63) is 35.9 Å². The van der Waals surface area contributed by atoms with E-state index in [0.29, 0.717) is 35.2 Å². The smallest absolute Gasteiger partial charge is 0.338 e. The van der Waals surface area contributed by atoms with Crippen LogP contribution in [-0.2, 0) is 19.0 Å². The van der Waals surface area contributed by atoms with Crippen molar-refractivity contribution >= 4 is 23.5 Å². The van der Waals surface area contributed by atoms with Crippen molar-refractivity contribution in [1.82, 2.24) is 0 Å². The molecule has 0 N–H and O–H groups in total. The Morgan fingerprint density at radius 2 is 1.83 bits per heavy atom. The number of fused-ring (bicyclic) bond motifs is 6. The number of benzene rings is 1. The molecule has 7 rings (SSSR count). The van der Waals surface area contributed by atoms with E-state index in [2.05, 4.69) is 13.8 Å². The predicted octanol–water partition coefficient (Wildman–Crippen LogP) is 5.39. The van der Waals surface area contributed by atoms with Crippen LogP contribution in [0.3, 0.4) is 0 Å². The molecule has 0 radical (unpaired) electrons. The van der Waals surface area contributed by atoms with Crippen LogP contribution < -0.4 is 0 Å². The Hall–Kier alpha value is -1.59. The molecule has 0 amide bonds. The van der Waals surface area contributed by atoms with Crippen LogP contribution in [0.15, 0.2) is 30.3 Å². The highest BCUT2D eigenvalue weighted by Crippen LogP contribution is 2.78. The number of hydrogen-bond donors (Lipinski definition) is 0. The van der Waals surface area contributed by atoms with Gasteiger partial charge in [-0.1, -0.05) is 32.0 Å². The van der Waals surface area contributed by atoms with Gasteiger partial charge in [0.2, 0.25) is 0 Å². The number of carbonyl (C=O) groups excluding carboxylic acids is 2. The van der Waals surface area contributed by atoms with Crippen molar-refractivity contribution < 1.29 is 23.8 Å². The Morgan fingerprint density at radius 3 is 2.57 bits per heavy atom. The number of esters is 2. The molecule has 5 nitrogen and oxygen atoms in total. The Bertz CT molecular complexity index is 1080. The van der Waals surface area contributed by atoms with Crippen LogP contribution in [0.25, 0.3) is 0 Å². The fourth-order valence-electron chi connectivity index (χ4n) is 9.75. The standard InChI is InChI=1S/C29H35ClO5/c1-15(31)33-24-19-13-18(19)22-21-20(10-11-27(22,24)2)28(3)12-9-17(14-29(28)25(35-29)23(21)30)34-26(32)16-7-5-4-6-8-16/h4-8,17-25H,9-14H2,1-3H3/t17-,18+,19-,20-,21+,22-,23-,24-,25+,27-,28+,29+/m0/s1. The second-order valence-corrected chi connectivity index (χ2v) is 13.3.